The number of carbonyl (C=O) groups is 1. The van der Waals surface area contributed by atoms with Crippen LogP contribution in [0.3, 0.4) is 0 Å². The lowest BCUT2D eigenvalue weighted by molar-refractivity contribution is -0.122. The van der Waals surface area contributed by atoms with E-state index in [1.807, 2.05) is 17.5 Å². The normalized spacial score (nSPS) is 17.3. The van der Waals surface area contributed by atoms with Gasteiger partial charge in [-0.05, 0) is 53.7 Å². The van der Waals surface area contributed by atoms with Crippen molar-refractivity contribution >= 4 is 17.2 Å². The summed E-state index contributed by atoms with van der Waals surface area (Å²) in [7, 11) is 1.65. The number of rotatable bonds is 8. The third-order valence-corrected chi connectivity index (χ3v) is 5.73. The number of carbonyl (C=O) groups excluding carboxylic acids is 1. The lowest BCUT2D eigenvalue weighted by Crippen LogP contribution is -2.35. The van der Waals surface area contributed by atoms with Gasteiger partial charge in [-0.1, -0.05) is 13.0 Å². The summed E-state index contributed by atoms with van der Waals surface area (Å²) >= 11 is 1.62. The third kappa shape index (κ3) is 5.09. The molecule has 8 nitrogen and oxygen atoms in total. The molecule has 1 fully saturated rings. The zero-order valence-electron chi connectivity index (χ0n) is 15.3. The molecule has 1 atom stereocenters. The predicted molar refractivity (Wildman–Crippen MR) is 98.6 cm³/mol. The zero-order valence-corrected chi connectivity index (χ0v) is 16.1. The number of nitrogens with one attached hydrogen (secondary N) is 1. The Kier molecular flexibility index (Phi) is 6.70. The van der Waals surface area contributed by atoms with E-state index in [0.29, 0.717) is 13.1 Å². The van der Waals surface area contributed by atoms with Gasteiger partial charge in [0.15, 0.2) is 5.82 Å². The monoisotopic (exact) mass is 378 g/mol. The van der Waals surface area contributed by atoms with Crippen molar-refractivity contribution in [3.63, 3.8) is 0 Å². The average Bonchev–Trinajstić information content (AvgIpc) is 3.30. The van der Waals surface area contributed by atoms with Crippen molar-refractivity contribution in [2.45, 2.75) is 39.0 Å². The van der Waals surface area contributed by atoms with E-state index in [-0.39, 0.29) is 18.6 Å². The minimum atomic E-state index is -0.136. The number of hydrogen-bond donors (Lipinski definition) is 1. The summed E-state index contributed by atoms with van der Waals surface area (Å²) in [6, 6.07) is 3.98. The van der Waals surface area contributed by atoms with Crippen LogP contribution in [0.25, 0.3) is 0 Å². The molecule has 142 valence electrons. The smallest absolute Gasteiger partial charge is 0.241 e. The molecular formula is C17H26N6O2S. The first-order valence-electron chi connectivity index (χ1n) is 8.96. The molecule has 0 saturated carbocycles. The van der Waals surface area contributed by atoms with E-state index in [9.17, 15) is 4.79 Å². The number of aromatic nitrogens is 4. The number of nitrogens with zero attached hydrogens (tertiary/aromatic N) is 5. The van der Waals surface area contributed by atoms with E-state index in [2.05, 4.69) is 32.7 Å². The number of ether oxygens (including phenoxy) is 1. The fourth-order valence-corrected chi connectivity index (χ4v) is 3.86. The molecule has 1 amide bonds. The first-order valence-corrected chi connectivity index (χ1v) is 9.84. The summed E-state index contributed by atoms with van der Waals surface area (Å²) in [5.41, 5.74) is 0. The lowest BCUT2D eigenvalue weighted by atomic mass is 9.99. The fraction of sp³-hybridized carbons (Fsp3) is 0.647. The molecule has 1 saturated heterocycles. The van der Waals surface area contributed by atoms with Gasteiger partial charge in [-0.15, -0.1) is 16.4 Å². The summed E-state index contributed by atoms with van der Waals surface area (Å²) in [5.74, 6) is 1.39. The Bertz CT molecular complexity index is 681. The van der Waals surface area contributed by atoms with Gasteiger partial charge in [-0.25, -0.2) is 4.68 Å². The largest absolute Gasteiger partial charge is 0.374 e. The van der Waals surface area contributed by atoms with Crippen LogP contribution in [0.1, 0.15) is 36.6 Å². The van der Waals surface area contributed by atoms with Gasteiger partial charge in [0.1, 0.15) is 12.6 Å². The minimum absolute atomic E-state index is 0.119. The zero-order chi connectivity index (χ0) is 18.4. The number of thiophene rings is 1. The number of likely N-dealkylation sites (tertiary alicyclic amines) is 1. The molecule has 2 aromatic rings. The van der Waals surface area contributed by atoms with Crippen LogP contribution in [0.15, 0.2) is 17.5 Å². The summed E-state index contributed by atoms with van der Waals surface area (Å²) in [6.07, 6.45) is 2.26. The van der Waals surface area contributed by atoms with E-state index >= 15 is 0 Å². The van der Waals surface area contributed by atoms with Gasteiger partial charge < -0.3 is 10.1 Å². The molecule has 3 heterocycles. The molecule has 0 unspecified atom stereocenters. The first kappa shape index (κ1) is 18.9. The molecule has 2 aromatic heterocycles. The highest BCUT2D eigenvalue weighted by molar-refractivity contribution is 7.10. The molecule has 1 aliphatic rings. The van der Waals surface area contributed by atoms with Gasteiger partial charge in [0.05, 0.1) is 6.54 Å². The number of amides is 1. The topological polar surface area (TPSA) is 85.2 Å². The van der Waals surface area contributed by atoms with Crippen LogP contribution >= 0.6 is 11.3 Å². The second-order valence-corrected chi connectivity index (χ2v) is 7.73. The van der Waals surface area contributed by atoms with Gasteiger partial charge in [0.2, 0.25) is 5.91 Å². The number of methoxy groups -OCH3 is 1. The van der Waals surface area contributed by atoms with E-state index in [1.54, 1.807) is 23.1 Å². The van der Waals surface area contributed by atoms with Crippen LogP contribution in [0.5, 0.6) is 0 Å². The number of tetrazole rings is 1. The molecule has 9 heteroatoms. The molecule has 1 aliphatic heterocycles. The van der Waals surface area contributed by atoms with E-state index in [0.717, 1.165) is 29.7 Å². The van der Waals surface area contributed by atoms with E-state index in [1.165, 1.54) is 12.8 Å². The van der Waals surface area contributed by atoms with Gasteiger partial charge in [-0.3, -0.25) is 9.69 Å². The molecule has 0 aliphatic carbocycles. The average molecular weight is 379 g/mol. The maximum Gasteiger partial charge on any atom is 0.241 e. The van der Waals surface area contributed by atoms with Crippen molar-refractivity contribution in [3.8, 4) is 0 Å². The van der Waals surface area contributed by atoms with Crippen LogP contribution in [-0.2, 0) is 22.6 Å². The van der Waals surface area contributed by atoms with Crippen molar-refractivity contribution in [2.75, 3.05) is 26.7 Å². The fourth-order valence-electron chi connectivity index (χ4n) is 3.05. The highest BCUT2D eigenvalue weighted by atomic mass is 32.1. The summed E-state index contributed by atoms with van der Waals surface area (Å²) in [6.45, 7) is 5.62. The first-order chi connectivity index (χ1) is 12.7. The molecule has 0 bridgehead atoms. The predicted octanol–water partition coefficient (Wildman–Crippen LogP) is 1.47. The maximum absolute atomic E-state index is 12.3. The van der Waals surface area contributed by atoms with Crippen LogP contribution in [0.2, 0.25) is 0 Å². The maximum atomic E-state index is 12.3. The minimum Gasteiger partial charge on any atom is -0.374 e. The van der Waals surface area contributed by atoms with Crippen LogP contribution in [0, 0.1) is 5.92 Å². The van der Waals surface area contributed by atoms with Gasteiger partial charge >= 0.3 is 0 Å². The van der Waals surface area contributed by atoms with Crippen LogP contribution < -0.4 is 5.32 Å². The Hall–Kier alpha value is -1.84. The number of piperidine rings is 1. The second-order valence-electron chi connectivity index (χ2n) is 6.76. The molecule has 1 N–H and O–H groups in total. The van der Waals surface area contributed by atoms with Gasteiger partial charge in [-0.2, -0.15) is 0 Å². The quantitative estimate of drug-likeness (QED) is 0.749. The van der Waals surface area contributed by atoms with Gasteiger partial charge in [0.25, 0.3) is 0 Å². The molecule has 3 rings (SSSR count). The van der Waals surface area contributed by atoms with E-state index in [4.69, 9.17) is 4.74 Å². The molecule has 26 heavy (non-hydrogen) atoms. The van der Waals surface area contributed by atoms with Crippen molar-refractivity contribution in [3.05, 3.63) is 28.2 Å². The molecule has 0 radical (unpaired) electrons. The van der Waals surface area contributed by atoms with Crippen molar-refractivity contribution in [1.82, 2.24) is 30.4 Å². The molecule has 0 aromatic carbocycles. The highest BCUT2D eigenvalue weighted by Gasteiger charge is 2.19. The summed E-state index contributed by atoms with van der Waals surface area (Å²) in [4.78, 5) is 15.7. The van der Waals surface area contributed by atoms with Crippen molar-refractivity contribution in [1.29, 1.82) is 0 Å². The Morgan fingerprint density at radius 1 is 1.46 bits per heavy atom. The SMILES string of the molecule is CO[C@@H](CNC(=O)Cn1nnnc1CN1CCC(C)CC1)c1cccs1. The van der Waals surface area contributed by atoms with Crippen molar-refractivity contribution in [2.24, 2.45) is 5.92 Å². The standard InChI is InChI=1S/C17H26N6O2S/c1-13-5-7-22(8-6-13)11-16-19-20-21-23(16)12-17(24)18-10-14(25-2)15-4-3-9-26-15/h3-4,9,13-14H,5-8,10-12H2,1-2H3,(H,18,24)/t14-/m0/s1. The Labute approximate surface area is 157 Å². The summed E-state index contributed by atoms with van der Waals surface area (Å²) < 4.78 is 7.04. The highest BCUT2D eigenvalue weighted by Crippen LogP contribution is 2.21. The molecular weight excluding hydrogens is 352 g/mol. The summed E-state index contributed by atoms with van der Waals surface area (Å²) in [5, 5.41) is 16.7. The van der Waals surface area contributed by atoms with Crippen LogP contribution in [0.4, 0.5) is 0 Å². The Morgan fingerprint density at radius 2 is 2.27 bits per heavy atom. The Balaban J connectivity index is 1.49. The third-order valence-electron chi connectivity index (χ3n) is 4.77. The van der Waals surface area contributed by atoms with Gasteiger partial charge in [0, 0.05) is 18.5 Å². The molecule has 0 spiro atoms. The lowest BCUT2D eigenvalue weighted by Gasteiger charge is -2.29. The Morgan fingerprint density at radius 3 is 2.96 bits per heavy atom. The van der Waals surface area contributed by atoms with E-state index < -0.39 is 0 Å². The van der Waals surface area contributed by atoms with Crippen LogP contribution in [-0.4, -0.2) is 57.8 Å². The van der Waals surface area contributed by atoms with Crippen molar-refractivity contribution < 1.29 is 9.53 Å². The second kappa shape index (κ2) is 9.20. The number of hydrogen-bond acceptors (Lipinski definition) is 7.